The number of nitriles is 1. The Labute approximate surface area is 98.2 Å². The first-order valence-electron chi connectivity index (χ1n) is 5.23. The minimum atomic E-state index is -1.48. The van der Waals surface area contributed by atoms with Gasteiger partial charge in [-0.3, -0.25) is 0 Å². The standard InChI is InChI=1S/C13H17NOSi/c1-15-12-7-5-11(6-8-12)13(9-10-14)16(2,3)4/h5-9H,1-4H3/b13-9+. The van der Waals surface area contributed by atoms with Crippen LogP contribution in [0.1, 0.15) is 5.56 Å². The van der Waals surface area contributed by atoms with Gasteiger partial charge in [-0.25, -0.2) is 0 Å². The fourth-order valence-corrected chi connectivity index (χ4v) is 3.10. The quantitative estimate of drug-likeness (QED) is 0.589. The Morgan fingerprint density at radius 2 is 1.81 bits per heavy atom. The second-order valence-corrected chi connectivity index (χ2v) is 9.70. The topological polar surface area (TPSA) is 33.0 Å². The highest BCUT2D eigenvalue weighted by molar-refractivity contribution is 6.93. The Morgan fingerprint density at radius 1 is 1.25 bits per heavy atom. The maximum absolute atomic E-state index is 8.83. The number of nitrogens with zero attached hydrogens (tertiary/aromatic N) is 1. The Balaban J connectivity index is 3.14. The molecule has 0 saturated heterocycles. The summed E-state index contributed by atoms with van der Waals surface area (Å²) in [6.07, 6.45) is 1.67. The zero-order valence-electron chi connectivity index (χ0n) is 10.2. The number of hydrogen-bond donors (Lipinski definition) is 0. The van der Waals surface area contributed by atoms with Crippen LogP contribution in [0, 0.1) is 11.3 Å². The molecule has 0 saturated carbocycles. The van der Waals surface area contributed by atoms with Crippen molar-refractivity contribution in [3.05, 3.63) is 35.9 Å². The first-order chi connectivity index (χ1) is 7.49. The van der Waals surface area contributed by atoms with Gasteiger partial charge in [-0.05, 0) is 22.9 Å². The molecule has 1 rings (SSSR count). The van der Waals surface area contributed by atoms with E-state index in [1.807, 2.05) is 24.3 Å². The van der Waals surface area contributed by atoms with Gasteiger partial charge in [0.25, 0.3) is 0 Å². The molecule has 0 heterocycles. The van der Waals surface area contributed by atoms with Gasteiger partial charge in [-0.2, -0.15) is 5.26 Å². The summed E-state index contributed by atoms with van der Waals surface area (Å²) in [4.78, 5) is 0. The molecule has 3 heteroatoms. The molecule has 84 valence electrons. The second kappa shape index (κ2) is 5.00. The van der Waals surface area contributed by atoms with Crippen molar-refractivity contribution >= 4 is 13.3 Å². The monoisotopic (exact) mass is 231 g/mol. The maximum Gasteiger partial charge on any atom is 0.118 e. The molecule has 0 spiro atoms. The maximum atomic E-state index is 8.83. The van der Waals surface area contributed by atoms with Gasteiger partial charge in [0, 0.05) is 6.08 Å². The van der Waals surface area contributed by atoms with Gasteiger partial charge in [0.15, 0.2) is 0 Å². The summed E-state index contributed by atoms with van der Waals surface area (Å²) < 4.78 is 5.12. The minimum Gasteiger partial charge on any atom is -0.497 e. The van der Waals surface area contributed by atoms with Gasteiger partial charge in [-0.1, -0.05) is 31.8 Å². The molecule has 1 aromatic rings. The van der Waals surface area contributed by atoms with Crippen molar-refractivity contribution in [2.24, 2.45) is 0 Å². The predicted octanol–water partition coefficient (Wildman–Crippen LogP) is 3.48. The number of hydrogen-bond acceptors (Lipinski definition) is 2. The van der Waals surface area contributed by atoms with Gasteiger partial charge >= 0.3 is 0 Å². The first kappa shape index (κ1) is 12.5. The van der Waals surface area contributed by atoms with Crippen molar-refractivity contribution in [2.45, 2.75) is 19.6 Å². The summed E-state index contributed by atoms with van der Waals surface area (Å²) in [7, 11) is 0.174. The number of allylic oxidation sites excluding steroid dienone is 1. The number of ether oxygens (including phenoxy) is 1. The summed E-state index contributed by atoms with van der Waals surface area (Å²) in [5, 5.41) is 10.0. The summed E-state index contributed by atoms with van der Waals surface area (Å²) in [6.45, 7) is 6.71. The van der Waals surface area contributed by atoms with Crippen LogP contribution in [0.15, 0.2) is 30.3 Å². The van der Waals surface area contributed by atoms with Crippen LogP contribution >= 0.6 is 0 Å². The lowest BCUT2D eigenvalue weighted by Crippen LogP contribution is -2.22. The third-order valence-electron chi connectivity index (χ3n) is 2.42. The van der Waals surface area contributed by atoms with E-state index in [1.165, 1.54) is 5.20 Å². The van der Waals surface area contributed by atoms with E-state index in [1.54, 1.807) is 13.2 Å². The third-order valence-corrected chi connectivity index (χ3v) is 4.47. The van der Waals surface area contributed by atoms with Gasteiger partial charge in [0.05, 0.1) is 21.3 Å². The van der Waals surface area contributed by atoms with Crippen molar-refractivity contribution in [1.82, 2.24) is 0 Å². The molecule has 1 aromatic carbocycles. The molecule has 0 unspecified atom stereocenters. The SMILES string of the molecule is COc1ccc(/C(=C\C#N)[Si](C)(C)C)cc1. The number of benzene rings is 1. The highest BCUT2D eigenvalue weighted by atomic mass is 28.3. The van der Waals surface area contributed by atoms with E-state index in [0.717, 1.165) is 11.3 Å². The zero-order chi connectivity index (χ0) is 12.2. The molecule has 16 heavy (non-hydrogen) atoms. The normalized spacial score (nSPS) is 12.1. The molecular weight excluding hydrogens is 214 g/mol. The molecule has 0 aliphatic rings. The Hall–Kier alpha value is -1.53. The predicted molar refractivity (Wildman–Crippen MR) is 69.9 cm³/mol. The largest absolute Gasteiger partial charge is 0.497 e. The van der Waals surface area contributed by atoms with E-state index < -0.39 is 8.07 Å². The third kappa shape index (κ3) is 2.98. The summed E-state index contributed by atoms with van der Waals surface area (Å²) >= 11 is 0. The Bertz CT molecular complexity index is 421. The Kier molecular flexibility index (Phi) is 3.91. The van der Waals surface area contributed by atoms with Crippen molar-refractivity contribution in [3.8, 4) is 11.8 Å². The van der Waals surface area contributed by atoms with Crippen molar-refractivity contribution < 1.29 is 4.74 Å². The lowest BCUT2D eigenvalue weighted by atomic mass is 10.2. The van der Waals surface area contributed by atoms with Crippen LogP contribution in [-0.2, 0) is 0 Å². The van der Waals surface area contributed by atoms with E-state index in [0.29, 0.717) is 0 Å². The van der Waals surface area contributed by atoms with Crippen molar-refractivity contribution in [3.63, 3.8) is 0 Å². The van der Waals surface area contributed by atoms with Crippen LogP contribution in [0.4, 0.5) is 0 Å². The van der Waals surface area contributed by atoms with Crippen LogP contribution in [0.2, 0.25) is 19.6 Å². The number of methoxy groups -OCH3 is 1. The highest BCUT2D eigenvalue weighted by Gasteiger charge is 2.20. The van der Waals surface area contributed by atoms with Crippen LogP contribution in [0.25, 0.3) is 5.20 Å². The molecule has 0 aromatic heterocycles. The van der Waals surface area contributed by atoms with E-state index in [2.05, 4.69) is 25.7 Å². The average Bonchev–Trinajstić information content (AvgIpc) is 2.25. The van der Waals surface area contributed by atoms with E-state index >= 15 is 0 Å². The lowest BCUT2D eigenvalue weighted by Gasteiger charge is -2.20. The van der Waals surface area contributed by atoms with Crippen molar-refractivity contribution in [1.29, 1.82) is 5.26 Å². The molecular formula is C13H17NOSi. The summed E-state index contributed by atoms with van der Waals surface area (Å²) in [5.74, 6) is 0.843. The fourth-order valence-electron chi connectivity index (χ4n) is 1.57. The van der Waals surface area contributed by atoms with E-state index in [-0.39, 0.29) is 0 Å². The smallest absolute Gasteiger partial charge is 0.118 e. The average molecular weight is 231 g/mol. The van der Waals surface area contributed by atoms with E-state index in [9.17, 15) is 0 Å². The minimum absolute atomic E-state index is 0.843. The summed E-state index contributed by atoms with van der Waals surface area (Å²) in [6, 6.07) is 10.0. The van der Waals surface area contributed by atoms with Gasteiger partial charge < -0.3 is 4.74 Å². The molecule has 0 bridgehead atoms. The molecule has 0 aliphatic carbocycles. The van der Waals surface area contributed by atoms with Crippen molar-refractivity contribution in [2.75, 3.05) is 7.11 Å². The summed E-state index contributed by atoms with van der Waals surface area (Å²) in [5.41, 5.74) is 1.13. The molecule has 0 radical (unpaired) electrons. The fraction of sp³-hybridized carbons (Fsp3) is 0.308. The van der Waals surface area contributed by atoms with Gasteiger partial charge in [0.2, 0.25) is 0 Å². The van der Waals surface area contributed by atoms with E-state index in [4.69, 9.17) is 10.00 Å². The van der Waals surface area contributed by atoms with Crippen LogP contribution < -0.4 is 4.74 Å². The van der Waals surface area contributed by atoms with Crippen LogP contribution in [0.5, 0.6) is 5.75 Å². The van der Waals surface area contributed by atoms with Crippen LogP contribution in [0.3, 0.4) is 0 Å². The van der Waals surface area contributed by atoms with Crippen LogP contribution in [-0.4, -0.2) is 15.2 Å². The Morgan fingerprint density at radius 3 is 2.19 bits per heavy atom. The molecule has 0 amide bonds. The van der Waals surface area contributed by atoms with Gasteiger partial charge in [-0.15, -0.1) is 0 Å². The second-order valence-electron chi connectivity index (χ2n) is 4.67. The zero-order valence-corrected chi connectivity index (χ0v) is 11.2. The molecule has 2 nitrogen and oxygen atoms in total. The lowest BCUT2D eigenvalue weighted by molar-refractivity contribution is 0.415. The molecule has 0 atom stereocenters. The highest BCUT2D eigenvalue weighted by Crippen LogP contribution is 2.26. The molecule has 0 aliphatic heterocycles. The number of rotatable bonds is 3. The molecule has 0 fully saturated rings. The molecule has 0 N–H and O–H groups in total. The first-order valence-corrected chi connectivity index (χ1v) is 8.73. The van der Waals surface area contributed by atoms with Gasteiger partial charge in [0.1, 0.15) is 5.75 Å².